The van der Waals surface area contributed by atoms with Crippen molar-refractivity contribution in [2.75, 3.05) is 12.4 Å². The molecular weight excluding hydrogens is 393 g/mol. The molecule has 0 aliphatic carbocycles. The van der Waals surface area contributed by atoms with Crippen LogP contribution in [0.4, 0.5) is 0 Å². The molecule has 0 bridgehead atoms. The molecule has 0 aliphatic rings. The van der Waals surface area contributed by atoms with Gasteiger partial charge in [-0.05, 0) is 51.5 Å². The number of rotatable bonds is 7. The molecule has 0 fully saturated rings. The zero-order chi connectivity index (χ0) is 21.1. The second kappa shape index (κ2) is 12.8. The highest BCUT2D eigenvalue weighted by molar-refractivity contribution is 7.79. The van der Waals surface area contributed by atoms with Crippen molar-refractivity contribution < 1.29 is 0 Å². The Kier molecular flexibility index (Phi) is 10.4. The minimum atomic E-state index is -0.446. The van der Waals surface area contributed by atoms with Crippen LogP contribution in [-0.2, 0) is 0 Å². The highest BCUT2D eigenvalue weighted by atomic mass is 35.5. The van der Waals surface area contributed by atoms with Crippen LogP contribution in [0.2, 0.25) is 0 Å². The van der Waals surface area contributed by atoms with Crippen molar-refractivity contribution in [3.63, 3.8) is 0 Å². The van der Waals surface area contributed by atoms with E-state index in [-0.39, 0.29) is 0 Å². The van der Waals surface area contributed by atoms with Gasteiger partial charge in [-0.2, -0.15) is 0 Å². The summed E-state index contributed by atoms with van der Waals surface area (Å²) in [5.74, 6) is 0.732. The van der Waals surface area contributed by atoms with Crippen LogP contribution in [0.3, 0.4) is 0 Å². The number of alkyl halides is 1. The van der Waals surface area contributed by atoms with Crippen molar-refractivity contribution in [1.29, 1.82) is 0 Å². The van der Waals surface area contributed by atoms with Gasteiger partial charge in [0.15, 0.2) is 0 Å². The summed E-state index contributed by atoms with van der Waals surface area (Å²) in [7, 11) is -0.446. The maximum atomic E-state index is 5.64. The van der Waals surface area contributed by atoms with Crippen molar-refractivity contribution in [2.24, 2.45) is 0 Å². The third-order valence-corrected chi connectivity index (χ3v) is 7.33. The van der Waals surface area contributed by atoms with Gasteiger partial charge in [-0.3, -0.25) is 4.90 Å². The standard InChI is InChI=1S/C18H15P.C8H18ClN/c1-4-10-16(11-5-1)19(17-12-6-2-7-13-17)18-14-8-3-9-15-18;1-7(2)10(6-5-9)8(3)4/h1-15H;7-8H,5-6H2,1-4H3. The van der Waals surface area contributed by atoms with Crippen molar-refractivity contribution in [3.05, 3.63) is 91.0 Å². The van der Waals surface area contributed by atoms with Gasteiger partial charge in [-0.25, -0.2) is 0 Å². The van der Waals surface area contributed by atoms with Gasteiger partial charge in [0, 0.05) is 24.5 Å². The van der Waals surface area contributed by atoms with Crippen molar-refractivity contribution in [1.82, 2.24) is 4.90 Å². The third-order valence-electron chi connectivity index (χ3n) is 4.71. The van der Waals surface area contributed by atoms with E-state index in [1.165, 1.54) is 15.9 Å². The summed E-state index contributed by atoms with van der Waals surface area (Å²) in [6.45, 7) is 9.80. The molecule has 0 unspecified atom stereocenters. The van der Waals surface area contributed by atoms with Gasteiger partial charge in [-0.1, -0.05) is 91.0 Å². The first-order valence-electron chi connectivity index (χ1n) is 10.3. The van der Waals surface area contributed by atoms with Crippen LogP contribution < -0.4 is 15.9 Å². The highest BCUT2D eigenvalue weighted by Crippen LogP contribution is 2.32. The zero-order valence-corrected chi connectivity index (χ0v) is 19.7. The third kappa shape index (κ3) is 7.59. The molecule has 0 saturated carbocycles. The maximum Gasteiger partial charge on any atom is 0.0351 e. The average molecular weight is 426 g/mol. The summed E-state index contributed by atoms with van der Waals surface area (Å²) in [4.78, 5) is 2.38. The molecule has 3 aromatic rings. The number of benzene rings is 3. The summed E-state index contributed by atoms with van der Waals surface area (Å²) < 4.78 is 0. The Morgan fingerprint density at radius 1 is 0.621 bits per heavy atom. The minimum absolute atomic E-state index is 0.446. The summed E-state index contributed by atoms with van der Waals surface area (Å²) in [6, 6.07) is 33.5. The highest BCUT2D eigenvalue weighted by Gasteiger charge is 2.15. The van der Waals surface area contributed by atoms with E-state index in [4.69, 9.17) is 11.6 Å². The van der Waals surface area contributed by atoms with Crippen LogP contribution in [0.1, 0.15) is 27.7 Å². The first kappa shape index (κ1) is 23.6. The second-order valence-corrected chi connectivity index (χ2v) is 10.1. The van der Waals surface area contributed by atoms with Crippen molar-refractivity contribution in [2.45, 2.75) is 39.8 Å². The lowest BCUT2D eigenvalue weighted by molar-refractivity contribution is 0.187. The molecule has 29 heavy (non-hydrogen) atoms. The lowest BCUT2D eigenvalue weighted by Crippen LogP contribution is -2.38. The van der Waals surface area contributed by atoms with Gasteiger partial charge in [0.05, 0.1) is 0 Å². The lowest BCUT2D eigenvalue weighted by Gasteiger charge is -2.29. The van der Waals surface area contributed by atoms with Gasteiger partial charge in [0.2, 0.25) is 0 Å². The summed E-state index contributed by atoms with van der Waals surface area (Å²) in [5, 5.41) is 4.19. The smallest absolute Gasteiger partial charge is 0.0351 e. The minimum Gasteiger partial charge on any atom is -0.297 e. The Balaban J connectivity index is 0.000000257. The van der Waals surface area contributed by atoms with E-state index in [1.807, 2.05) is 0 Å². The van der Waals surface area contributed by atoms with Crippen LogP contribution in [0, 0.1) is 0 Å². The van der Waals surface area contributed by atoms with Gasteiger partial charge in [0.25, 0.3) is 0 Å². The maximum absolute atomic E-state index is 5.64. The van der Waals surface area contributed by atoms with Crippen LogP contribution in [0.25, 0.3) is 0 Å². The van der Waals surface area contributed by atoms with E-state index in [1.54, 1.807) is 0 Å². The lowest BCUT2D eigenvalue weighted by atomic mass is 10.2. The molecule has 0 N–H and O–H groups in total. The second-order valence-electron chi connectivity index (χ2n) is 7.46. The normalized spacial score (nSPS) is 11.1. The van der Waals surface area contributed by atoms with E-state index < -0.39 is 7.92 Å². The number of halogens is 1. The molecule has 1 nitrogen and oxygen atoms in total. The molecule has 0 saturated heterocycles. The van der Waals surface area contributed by atoms with E-state index in [0.717, 1.165) is 12.4 Å². The molecule has 0 radical (unpaired) electrons. The van der Waals surface area contributed by atoms with E-state index in [2.05, 4.69) is 124 Å². The fourth-order valence-corrected chi connectivity index (χ4v) is 5.89. The summed E-state index contributed by atoms with van der Waals surface area (Å²) in [5.41, 5.74) is 0. The monoisotopic (exact) mass is 425 g/mol. The Morgan fingerprint density at radius 3 is 1.14 bits per heavy atom. The number of hydrogen-bond acceptors (Lipinski definition) is 1. The van der Waals surface area contributed by atoms with E-state index in [9.17, 15) is 0 Å². The quantitative estimate of drug-likeness (QED) is 0.342. The molecule has 154 valence electrons. The first-order chi connectivity index (χ1) is 14.0. The van der Waals surface area contributed by atoms with E-state index >= 15 is 0 Å². The van der Waals surface area contributed by atoms with E-state index in [0.29, 0.717) is 12.1 Å². The molecule has 0 atom stereocenters. The van der Waals surface area contributed by atoms with Crippen LogP contribution in [0.5, 0.6) is 0 Å². The largest absolute Gasteiger partial charge is 0.297 e. The molecule has 3 rings (SSSR count). The summed E-state index contributed by atoms with van der Waals surface area (Å²) in [6.07, 6.45) is 0. The predicted molar refractivity (Wildman–Crippen MR) is 133 cm³/mol. The first-order valence-corrected chi connectivity index (χ1v) is 12.2. The topological polar surface area (TPSA) is 3.24 Å². The molecule has 0 spiro atoms. The Morgan fingerprint density at radius 2 is 0.931 bits per heavy atom. The summed E-state index contributed by atoms with van der Waals surface area (Å²) >= 11 is 5.64. The fourth-order valence-electron chi connectivity index (χ4n) is 3.39. The van der Waals surface area contributed by atoms with Gasteiger partial charge in [0.1, 0.15) is 0 Å². The van der Waals surface area contributed by atoms with Gasteiger partial charge < -0.3 is 0 Å². The molecule has 0 amide bonds. The van der Waals surface area contributed by atoms with Crippen LogP contribution in [0.15, 0.2) is 91.0 Å². The SMILES string of the molecule is CC(C)N(CCCl)C(C)C.c1ccc(P(c2ccccc2)c2ccccc2)cc1. The molecule has 3 aromatic carbocycles. The predicted octanol–water partition coefficient (Wildman–Crippen LogP) is 5.79. The average Bonchev–Trinajstić information content (AvgIpc) is 2.74. The number of hydrogen-bond donors (Lipinski definition) is 0. The Bertz CT molecular complexity index is 689. The Hall–Kier alpha value is -1.66. The molecule has 0 aliphatic heterocycles. The Labute approximate surface area is 183 Å². The molecule has 3 heteroatoms. The number of nitrogens with zero attached hydrogens (tertiary/aromatic N) is 1. The zero-order valence-electron chi connectivity index (χ0n) is 18.0. The molecule has 0 aromatic heterocycles. The fraction of sp³-hybridized carbons (Fsp3) is 0.308. The molecule has 0 heterocycles. The van der Waals surface area contributed by atoms with Crippen molar-refractivity contribution >= 4 is 35.4 Å². The molecular formula is C26H33ClNP. The van der Waals surface area contributed by atoms with Crippen LogP contribution >= 0.6 is 19.5 Å². The van der Waals surface area contributed by atoms with Crippen LogP contribution in [-0.4, -0.2) is 29.4 Å². The van der Waals surface area contributed by atoms with Gasteiger partial charge in [-0.15, -0.1) is 11.6 Å². The van der Waals surface area contributed by atoms with Gasteiger partial charge >= 0.3 is 0 Å². The van der Waals surface area contributed by atoms with Crippen molar-refractivity contribution in [3.8, 4) is 0 Å².